The van der Waals surface area contributed by atoms with Gasteiger partial charge in [-0.3, -0.25) is 23.5 Å². The van der Waals surface area contributed by atoms with Crippen LogP contribution in [0.2, 0.25) is 0 Å². The Bertz CT molecular complexity index is 4520. The number of carbonyl (C=O) groups is 3. The maximum Gasteiger partial charge on any atom is 0.520 e. The molecule has 3 aromatic carbocycles. The maximum atomic E-state index is 13.9. The van der Waals surface area contributed by atoms with Crippen molar-refractivity contribution >= 4 is 94.2 Å². The summed E-state index contributed by atoms with van der Waals surface area (Å²) in [7, 11) is -8.55. The van der Waals surface area contributed by atoms with E-state index in [2.05, 4.69) is 61.4 Å². The predicted molar refractivity (Wildman–Crippen MR) is 373 cm³/mol. The van der Waals surface area contributed by atoms with Crippen LogP contribution in [-0.2, 0) is 69.0 Å². The topological polar surface area (TPSA) is 363 Å². The number of nitrogens with zero attached hydrogens (tertiary/aromatic N) is 4. The minimum atomic E-state index is -5.32. The minimum Gasteiger partial charge on any atom is -0.748 e. The molecular weight excluding hydrogens is 1360 g/mol. The lowest BCUT2D eigenvalue weighted by Crippen LogP contribution is -2.57. The molecular formula is C68H81BN6O20S4. The molecule has 2 unspecified atom stereocenters. The zero-order valence-electron chi connectivity index (χ0n) is 56.1. The van der Waals surface area contributed by atoms with Crippen LogP contribution in [0.4, 0.5) is 0 Å². The summed E-state index contributed by atoms with van der Waals surface area (Å²) in [5, 5.41) is 8.33. The first-order valence-electron chi connectivity index (χ1n) is 31.0. The number of carboxylic acid groups (broad SMARTS) is 1. The smallest absolute Gasteiger partial charge is 0.520 e. The predicted octanol–water partition coefficient (Wildman–Crippen LogP) is 2.74. The number of carboxylic acids is 1. The average Bonchev–Trinajstić information content (AvgIpc) is 1.51. The van der Waals surface area contributed by atoms with Crippen LogP contribution in [0.3, 0.4) is 0 Å². The number of hydrogen-bond donors (Lipinski definition) is 5. The number of rotatable bonds is 32. The largest absolute Gasteiger partial charge is 0.748 e. The van der Waals surface area contributed by atoms with Gasteiger partial charge in [0.05, 0.1) is 93.5 Å². The second kappa shape index (κ2) is 35.1. The lowest BCUT2D eigenvalue weighted by molar-refractivity contribution is -0.883. The molecule has 4 aromatic rings. The number of allylic oxidation sites excluding steroid dienone is 3. The van der Waals surface area contributed by atoms with Gasteiger partial charge in [-0.15, -0.1) is 11.8 Å². The summed E-state index contributed by atoms with van der Waals surface area (Å²) in [6, 6.07) is 23.4. The van der Waals surface area contributed by atoms with E-state index in [1.807, 2.05) is 127 Å². The average molecular weight is 1440 g/mol. The molecule has 0 saturated carbocycles. The number of aliphatic carboxylic acids is 1. The summed E-state index contributed by atoms with van der Waals surface area (Å²) in [5.74, 6) is 21.1. The highest BCUT2D eigenvalue weighted by Crippen LogP contribution is 2.44. The van der Waals surface area contributed by atoms with Gasteiger partial charge in [0.1, 0.15) is 26.3 Å². The third kappa shape index (κ3) is 23.9. The molecule has 31 heteroatoms. The van der Waals surface area contributed by atoms with E-state index in [0.717, 1.165) is 33.4 Å². The third-order valence-corrected chi connectivity index (χ3v) is 19.5. The van der Waals surface area contributed by atoms with E-state index >= 15 is 0 Å². The maximum absolute atomic E-state index is 13.9. The molecule has 6 rings (SSSR count). The number of quaternary nitrogens is 2. The Morgan fingerprint density at radius 2 is 1.12 bits per heavy atom. The number of fused-ring (bicyclic) bond motifs is 2. The van der Waals surface area contributed by atoms with Crippen LogP contribution in [-0.4, -0.2) is 248 Å². The van der Waals surface area contributed by atoms with Crippen molar-refractivity contribution < 1.29 is 104 Å². The quantitative estimate of drug-likeness (QED) is 0.0154. The Balaban J connectivity index is 1.52. The lowest BCUT2D eigenvalue weighted by atomic mass is 9.45. The van der Waals surface area contributed by atoms with Gasteiger partial charge in [0.2, 0.25) is 11.2 Å². The highest BCUT2D eigenvalue weighted by molar-refractivity contribution is 7.87. The van der Waals surface area contributed by atoms with E-state index in [1.54, 1.807) is 31.7 Å². The number of amides is 2. The van der Waals surface area contributed by atoms with Crippen LogP contribution in [0.5, 0.6) is 0 Å². The van der Waals surface area contributed by atoms with Crippen LogP contribution in [0.1, 0.15) is 74.9 Å². The van der Waals surface area contributed by atoms with Crippen molar-refractivity contribution in [1.82, 2.24) is 15.1 Å². The van der Waals surface area contributed by atoms with Gasteiger partial charge in [0.25, 0.3) is 26.1 Å². The van der Waals surface area contributed by atoms with Crippen LogP contribution in [0.15, 0.2) is 102 Å². The van der Waals surface area contributed by atoms with Crippen LogP contribution in [0, 0.1) is 54.1 Å². The zero-order valence-corrected chi connectivity index (χ0v) is 59.4. The van der Waals surface area contributed by atoms with Crippen molar-refractivity contribution in [3.63, 3.8) is 0 Å². The van der Waals surface area contributed by atoms with E-state index in [4.69, 9.17) is 18.9 Å². The molecule has 1 aromatic heterocycles. The highest BCUT2D eigenvalue weighted by atomic mass is 32.2. The monoisotopic (exact) mass is 1440 g/mol. The van der Waals surface area contributed by atoms with Gasteiger partial charge in [0, 0.05) is 97.5 Å². The number of aromatic nitrogens is 1. The summed E-state index contributed by atoms with van der Waals surface area (Å²) >= 11 is 0. The second-order valence-corrected chi connectivity index (χ2v) is 30.8. The zero-order chi connectivity index (χ0) is 73.0. The highest BCUT2D eigenvalue weighted by Gasteiger charge is 2.51. The van der Waals surface area contributed by atoms with E-state index < -0.39 is 99.8 Å². The molecule has 0 saturated heterocycles. The second-order valence-electron chi connectivity index (χ2n) is 24.6. The van der Waals surface area contributed by atoms with E-state index in [-0.39, 0.29) is 44.8 Å². The summed E-state index contributed by atoms with van der Waals surface area (Å²) in [4.78, 5) is 38.4. The molecule has 26 nitrogen and oxygen atoms in total. The third-order valence-electron chi connectivity index (χ3n) is 15.7. The van der Waals surface area contributed by atoms with Gasteiger partial charge in [-0.1, -0.05) is 54.3 Å². The number of nitrogens with one attached hydrogen (secondary N) is 2. The van der Waals surface area contributed by atoms with Crippen molar-refractivity contribution in [2.45, 2.75) is 37.2 Å². The molecule has 0 fully saturated rings. The molecule has 2 aliphatic rings. The molecule has 2 aliphatic heterocycles. The summed E-state index contributed by atoms with van der Waals surface area (Å²) in [6.07, 6.45) is 7.47. The first kappa shape index (κ1) is 79.7. The molecule has 0 bridgehead atoms. The molecule has 0 aliphatic carbocycles. The Morgan fingerprint density at radius 1 is 0.646 bits per heavy atom. The molecule has 0 spiro atoms. The molecule has 530 valence electrons. The van der Waals surface area contributed by atoms with E-state index in [9.17, 15) is 71.4 Å². The minimum absolute atomic E-state index is 0.0234. The molecule has 99 heavy (non-hydrogen) atoms. The van der Waals surface area contributed by atoms with Gasteiger partial charge in [-0.05, 0) is 103 Å². The Labute approximate surface area is 579 Å². The number of carbonyl (C=O) groups excluding carboxylic acids is 2. The number of ether oxygens (including phenoxy) is 4. The van der Waals surface area contributed by atoms with Crippen LogP contribution >= 0.6 is 0 Å². The van der Waals surface area contributed by atoms with Crippen LogP contribution < -0.4 is 10.6 Å². The summed E-state index contributed by atoms with van der Waals surface area (Å²) < 4.78 is 162. The van der Waals surface area contributed by atoms with Gasteiger partial charge in [-0.2, -0.15) is 28.5 Å². The molecule has 3 heterocycles. The number of benzene rings is 3. The lowest BCUT2D eigenvalue weighted by Gasteiger charge is -2.39. The molecule has 2 atom stereocenters. The Kier molecular flexibility index (Phi) is 28.3. The van der Waals surface area contributed by atoms with Crippen molar-refractivity contribution in [3.05, 3.63) is 153 Å². The normalized spacial score (nSPS) is 14.5. The summed E-state index contributed by atoms with van der Waals surface area (Å²) in [6.45, 7) is 4.26. The van der Waals surface area contributed by atoms with Crippen molar-refractivity contribution in [2.75, 3.05) is 133 Å². The fraction of sp³-hybridized carbons (Fsp3) is 0.382. The molecule has 0 radical (unpaired) electrons. The first-order chi connectivity index (χ1) is 46.5. The van der Waals surface area contributed by atoms with Crippen molar-refractivity contribution in [3.8, 4) is 47.2 Å². The van der Waals surface area contributed by atoms with Crippen LogP contribution in [0.25, 0.3) is 23.8 Å². The van der Waals surface area contributed by atoms with Crippen molar-refractivity contribution in [2.24, 2.45) is 0 Å². The number of aryl methyl sites for hydroxylation is 1. The standard InChI is InChI=1S/C68H81BN6O20S4/c1-51-47-59(31-25-55-21-17-53(18-22-55)15-9-35-74(3,4)37-13-45-96(80,81)82)72-64(51)63(57-27-29-58(30-28-57)66(76)70-49-61(98(86,87)88)67(77)71-50-62(68(78)79)99(89,90)91)65-52(2)48-60(73(65)69(72,33-11-39-94-43-41-92-7)34-12-40-95-44-42-93-8)32-26-56-23-19-54(20-24-56)16-10-36-75(5,6)38-14-46-97(83,84)85/h17-32,47-48,61-62H,13-14,35-46,49-50H2,1-8H3,(H5-2,70,71,76,77,78,79,80,81,82,83,84,85,86,87,88,89,90,91)/b31-25+,32-26+. The Morgan fingerprint density at radius 3 is 1.58 bits per heavy atom. The Hall–Kier alpha value is -8.32. The van der Waals surface area contributed by atoms with E-state index in [0.29, 0.717) is 82.3 Å². The fourth-order valence-electron chi connectivity index (χ4n) is 10.7. The van der Waals surface area contributed by atoms with Gasteiger partial charge >= 0.3 is 12.4 Å². The van der Waals surface area contributed by atoms with Gasteiger partial charge in [-0.25, -0.2) is 16.8 Å². The van der Waals surface area contributed by atoms with E-state index in [1.165, 1.54) is 12.1 Å². The first-order valence-corrected chi connectivity index (χ1v) is 37.1. The number of hydrogen-bond acceptors (Lipinski definition) is 17. The van der Waals surface area contributed by atoms with Gasteiger partial charge in [0.15, 0.2) is 16.7 Å². The SMILES string of the molecule is COCCOCC#C[B-]1(C#CCOCCOC)n2c(/C=C/c3ccc(C#CC[N+](C)(C)CCCS(=O)(=O)[O-])cc3)cc(C)c2C(c2ccc(C(=O)NCC(C(=O)NCC(C(=O)O)S(=O)(=O)O)S(=O)(=O)O)cc2)=C2C(C)=CC(/C=C/c3ccc(C#CC[N+](C)(C)CCCS(=O)(=O)[O-])cc3)=[N+]21. The van der Waals surface area contributed by atoms with Gasteiger partial charge < -0.3 is 61.7 Å². The number of methoxy groups -OCH3 is 2. The fourth-order valence-corrected chi connectivity index (χ4v) is 12.9. The molecule has 5 N–H and O–H groups in total. The molecule has 2 amide bonds. The van der Waals surface area contributed by atoms with Crippen molar-refractivity contribution in [1.29, 1.82) is 0 Å². The summed E-state index contributed by atoms with van der Waals surface area (Å²) in [5.41, 5.74) is 8.47.